The molecule has 0 aliphatic heterocycles. The first-order valence-electron chi connectivity index (χ1n) is 5.30. The topological polar surface area (TPSA) is 114 Å². The average molecular weight is 262 g/mol. The van der Waals surface area contributed by atoms with Crippen molar-refractivity contribution in [2.45, 2.75) is 19.1 Å². The van der Waals surface area contributed by atoms with Gasteiger partial charge in [-0.1, -0.05) is 0 Å². The number of carbonyl (C=O) groups excluding carboxylic acids is 2. The molecule has 0 aliphatic carbocycles. The second-order valence-corrected chi connectivity index (χ2v) is 3.38. The van der Waals surface area contributed by atoms with Gasteiger partial charge in [0.25, 0.3) is 0 Å². The van der Waals surface area contributed by atoms with Crippen LogP contribution < -0.4 is 10.6 Å². The van der Waals surface area contributed by atoms with Crippen LogP contribution in [-0.2, 0) is 23.9 Å². The van der Waals surface area contributed by atoms with E-state index >= 15 is 0 Å². The second-order valence-electron chi connectivity index (χ2n) is 3.38. The number of nitrogens with one attached hydrogen (secondary N) is 2. The highest BCUT2D eigenvalue weighted by Gasteiger charge is 2.10. The quantitative estimate of drug-likeness (QED) is 0.445. The number of carboxylic acid groups (broad SMARTS) is 1. The van der Waals surface area contributed by atoms with Crippen LogP contribution in [0.3, 0.4) is 0 Å². The van der Waals surface area contributed by atoms with Gasteiger partial charge < -0.3 is 25.2 Å². The summed E-state index contributed by atoms with van der Waals surface area (Å²) in [6.07, 6.45) is -0.621. The highest BCUT2D eigenvalue weighted by atomic mass is 16.7. The molecule has 0 heterocycles. The van der Waals surface area contributed by atoms with Crippen LogP contribution in [0.1, 0.15) is 12.8 Å². The van der Waals surface area contributed by atoms with Gasteiger partial charge in [0, 0.05) is 27.1 Å². The normalized spacial score (nSPS) is 10.2. The molecule has 0 rings (SSSR count). The van der Waals surface area contributed by atoms with Gasteiger partial charge in [-0.3, -0.25) is 14.4 Å². The molecule has 0 bridgehead atoms. The number of ether oxygens (including phenoxy) is 2. The number of hydrogen-bond donors (Lipinski definition) is 3. The summed E-state index contributed by atoms with van der Waals surface area (Å²) in [6, 6.07) is 0. The van der Waals surface area contributed by atoms with E-state index in [0.717, 1.165) is 0 Å². The molecule has 0 fully saturated rings. The van der Waals surface area contributed by atoms with E-state index in [1.807, 2.05) is 0 Å². The van der Waals surface area contributed by atoms with E-state index in [9.17, 15) is 14.4 Å². The lowest BCUT2D eigenvalue weighted by molar-refractivity contribution is -0.138. The maximum atomic E-state index is 11.3. The summed E-state index contributed by atoms with van der Waals surface area (Å²) in [6.45, 7) is -0.265. The Balaban J connectivity index is 3.69. The Morgan fingerprint density at radius 2 is 1.56 bits per heavy atom. The molecule has 0 aromatic heterocycles. The van der Waals surface area contributed by atoms with Crippen LogP contribution in [-0.4, -0.2) is 56.5 Å². The van der Waals surface area contributed by atoms with Crippen LogP contribution in [0, 0.1) is 0 Å². The van der Waals surface area contributed by atoms with Crippen LogP contribution in [0.25, 0.3) is 0 Å². The summed E-state index contributed by atoms with van der Waals surface area (Å²) in [4.78, 5) is 32.6. The lowest BCUT2D eigenvalue weighted by Gasteiger charge is -2.13. The zero-order chi connectivity index (χ0) is 14.0. The van der Waals surface area contributed by atoms with Crippen molar-refractivity contribution in [1.82, 2.24) is 10.6 Å². The minimum atomic E-state index is -1.13. The highest BCUT2D eigenvalue weighted by Crippen LogP contribution is 1.92. The molecule has 0 saturated carbocycles. The molecule has 0 aromatic carbocycles. The number of carboxylic acids is 1. The molecule has 8 heteroatoms. The van der Waals surface area contributed by atoms with Crippen molar-refractivity contribution < 1.29 is 29.0 Å². The fourth-order valence-electron chi connectivity index (χ4n) is 1.04. The van der Waals surface area contributed by atoms with E-state index in [-0.39, 0.29) is 25.3 Å². The molecule has 0 spiro atoms. The summed E-state index contributed by atoms with van der Waals surface area (Å²) in [7, 11) is 2.89. The summed E-state index contributed by atoms with van der Waals surface area (Å²) in [5, 5.41) is 13.0. The maximum absolute atomic E-state index is 11.3. The van der Waals surface area contributed by atoms with Crippen molar-refractivity contribution in [3.05, 3.63) is 0 Å². The molecule has 0 aromatic rings. The lowest BCUT2D eigenvalue weighted by atomic mass is 10.3. The maximum Gasteiger partial charge on any atom is 0.322 e. The van der Waals surface area contributed by atoms with Gasteiger partial charge >= 0.3 is 5.97 Å². The van der Waals surface area contributed by atoms with Crippen LogP contribution in [0.2, 0.25) is 0 Å². The van der Waals surface area contributed by atoms with Gasteiger partial charge in [0.15, 0.2) is 6.29 Å². The predicted octanol–water partition coefficient (Wildman–Crippen LogP) is -1.30. The van der Waals surface area contributed by atoms with Crippen LogP contribution >= 0.6 is 0 Å². The predicted molar refractivity (Wildman–Crippen MR) is 60.7 cm³/mol. The SMILES string of the molecule is COC(CNC(=O)CCC(=O)NCC(=O)O)OC. The van der Waals surface area contributed by atoms with Gasteiger partial charge in [-0.25, -0.2) is 0 Å². The van der Waals surface area contributed by atoms with E-state index in [2.05, 4.69) is 10.6 Å². The van der Waals surface area contributed by atoms with Gasteiger partial charge in [0.1, 0.15) is 6.54 Å². The van der Waals surface area contributed by atoms with E-state index in [0.29, 0.717) is 0 Å². The number of methoxy groups -OCH3 is 2. The number of carbonyl (C=O) groups is 3. The molecule has 3 N–H and O–H groups in total. The number of aliphatic carboxylic acids is 1. The molecule has 104 valence electrons. The van der Waals surface area contributed by atoms with Crippen molar-refractivity contribution in [2.75, 3.05) is 27.3 Å². The standard InChI is InChI=1S/C10H18N2O6/c1-17-10(18-2)6-12-8(14)4-3-7(13)11-5-9(15)16/h10H,3-6H2,1-2H3,(H,11,13)(H,12,14)(H,15,16). The summed E-state index contributed by atoms with van der Waals surface area (Å²) >= 11 is 0. The smallest absolute Gasteiger partial charge is 0.322 e. The molecule has 8 nitrogen and oxygen atoms in total. The van der Waals surface area contributed by atoms with Crippen molar-refractivity contribution in [3.63, 3.8) is 0 Å². The highest BCUT2D eigenvalue weighted by molar-refractivity contribution is 5.85. The van der Waals surface area contributed by atoms with Crippen molar-refractivity contribution in [3.8, 4) is 0 Å². The number of rotatable bonds is 9. The van der Waals surface area contributed by atoms with Gasteiger partial charge in [-0.2, -0.15) is 0 Å². The third-order valence-electron chi connectivity index (χ3n) is 2.01. The summed E-state index contributed by atoms with van der Waals surface area (Å²) in [5.41, 5.74) is 0. The van der Waals surface area contributed by atoms with Crippen LogP contribution in [0.4, 0.5) is 0 Å². The van der Waals surface area contributed by atoms with Crippen LogP contribution in [0.5, 0.6) is 0 Å². The van der Waals surface area contributed by atoms with Crippen molar-refractivity contribution >= 4 is 17.8 Å². The molecule has 0 radical (unpaired) electrons. The number of hydrogen-bond acceptors (Lipinski definition) is 5. The average Bonchev–Trinajstić information content (AvgIpc) is 2.35. The van der Waals surface area contributed by atoms with Gasteiger partial charge in [0.2, 0.25) is 11.8 Å². The third-order valence-corrected chi connectivity index (χ3v) is 2.01. The Labute approximate surface area is 105 Å². The zero-order valence-corrected chi connectivity index (χ0v) is 10.4. The molecule has 0 saturated heterocycles. The lowest BCUT2D eigenvalue weighted by Crippen LogP contribution is -2.35. The first-order chi connectivity index (χ1) is 8.49. The van der Waals surface area contributed by atoms with E-state index in [1.165, 1.54) is 14.2 Å². The fourth-order valence-corrected chi connectivity index (χ4v) is 1.04. The second kappa shape index (κ2) is 9.37. The summed E-state index contributed by atoms with van der Waals surface area (Å²) in [5.74, 6) is -1.95. The zero-order valence-electron chi connectivity index (χ0n) is 10.4. The molecular weight excluding hydrogens is 244 g/mol. The Bertz CT molecular complexity index is 290. The van der Waals surface area contributed by atoms with Crippen molar-refractivity contribution in [2.24, 2.45) is 0 Å². The Morgan fingerprint density at radius 3 is 2.00 bits per heavy atom. The number of amides is 2. The van der Waals surface area contributed by atoms with Gasteiger partial charge in [-0.05, 0) is 0 Å². The largest absolute Gasteiger partial charge is 0.480 e. The van der Waals surface area contributed by atoms with E-state index in [4.69, 9.17) is 14.6 Å². The first kappa shape index (κ1) is 16.3. The third kappa shape index (κ3) is 8.48. The first-order valence-corrected chi connectivity index (χ1v) is 5.30. The molecule has 0 atom stereocenters. The monoisotopic (exact) mass is 262 g/mol. The molecular formula is C10H18N2O6. The van der Waals surface area contributed by atoms with Gasteiger partial charge in [-0.15, -0.1) is 0 Å². The fraction of sp³-hybridized carbons (Fsp3) is 0.700. The van der Waals surface area contributed by atoms with Gasteiger partial charge in [0.05, 0.1) is 6.54 Å². The minimum Gasteiger partial charge on any atom is -0.480 e. The molecule has 0 unspecified atom stereocenters. The Morgan fingerprint density at radius 1 is 1.06 bits per heavy atom. The summed E-state index contributed by atoms with van der Waals surface area (Å²) < 4.78 is 9.72. The molecule has 18 heavy (non-hydrogen) atoms. The van der Waals surface area contributed by atoms with E-state index < -0.39 is 24.7 Å². The Kier molecular flexibility index (Phi) is 8.50. The minimum absolute atomic E-state index is 0.0222. The molecule has 2 amide bonds. The molecule has 0 aliphatic rings. The van der Waals surface area contributed by atoms with Crippen molar-refractivity contribution in [1.29, 1.82) is 0 Å². The van der Waals surface area contributed by atoms with Crippen LogP contribution in [0.15, 0.2) is 0 Å². The van der Waals surface area contributed by atoms with E-state index in [1.54, 1.807) is 0 Å². The Hall–Kier alpha value is -1.67.